The van der Waals surface area contributed by atoms with E-state index in [0.717, 1.165) is 32.2 Å². The molecule has 0 aliphatic carbocycles. The molecule has 0 spiro atoms. The molecule has 46 heavy (non-hydrogen) atoms. The van der Waals surface area contributed by atoms with E-state index in [4.69, 9.17) is 9.47 Å². The number of carbonyl (C=O) groups excluding carboxylic acids is 1. The van der Waals surface area contributed by atoms with E-state index in [0.29, 0.717) is 34.5 Å². The maximum atomic E-state index is 14.1. The number of nitrogens with one attached hydrogen (secondary N) is 3. The summed E-state index contributed by atoms with van der Waals surface area (Å²) < 4.78 is 13.3. The summed E-state index contributed by atoms with van der Waals surface area (Å²) in [5.74, 6) is 0.485. The van der Waals surface area contributed by atoms with Gasteiger partial charge in [0.15, 0.2) is 0 Å². The Morgan fingerprint density at radius 2 is 1.74 bits per heavy atom. The van der Waals surface area contributed by atoms with Crippen LogP contribution in [0.1, 0.15) is 28.3 Å². The molecule has 1 unspecified atom stereocenters. The quantitative estimate of drug-likeness (QED) is 0.131. The van der Waals surface area contributed by atoms with E-state index in [1.54, 1.807) is 38.0 Å². The van der Waals surface area contributed by atoms with Crippen LogP contribution >= 0.6 is 15.9 Å². The number of hydrogen-bond acceptors (Lipinski definition) is 5. The summed E-state index contributed by atoms with van der Waals surface area (Å²) in [6.07, 6.45) is 0.418. The monoisotopic (exact) mass is 680 g/mol. The first-order chi connectivity index (χ1) is 22.3. The van der Waals surface area contributed by atoms with Crippen molar-refractivity contribution < 1.29 is 19.4 Å². The van der Waals surface area contributed by atoms with Gasteiger partial charge in [-0.3, -0.25) is 4.79 Å². The van der Waals surface area contributed by atoms with Crippen LogP contribution in [0.5, 0.6) is 17.2 Å². The second kappa shape index (κ2) is 13.0. The molecule has 0 saturated carbocycles. The Bertz CT molecular complexity index is 2140. The first-order valence-corrected chi connectivity index (χ1v) is 15.5. The minimum absolute atomic E-state index is 0.0693. The number of para-hydroxylation sites is 3. The van der Waals surface area contributed by atoms with E-state index >= 15 is 0 Å². The van der Waals surface area contributed by atoms with Crippen molar-refractivity contribution >= 4 is 49.5 Å². The molecule has 2 aromatic heterocycles. The Hall–Kier alpha value is -5.22. The maximum Gasteiger partial charge on any atom is 0.319 e. The Balaban J connectivity index is 1.48. The number of H-pyrrole nitrogens is 1. The number of benzene rings is 4. The van der Waals surface area contributed by atoms with Gasteiger partial charge in [-0.05, 0) is 72.1 Å². The lowest BCUT2D eigenvalue weighted by molar-refractivity contribution is 0.252. The van der Waals surface area contributed by atoms with Gasteiger partial charge in [0.1, 0.15) is 17.2 Å². The summed E-state index contributed by atoms with van der Waals surface area (Å²) in [6, 6.07) is 27.6. The van der Waals surface area contributed by atoms with Gasteiger partial charge in [0.25, 0.3) is 5.56 Å². The van der Waals surface area contributed by atoms with Gasteiger partial charge in [-0.1, -0.05) is 52.3 Å². The number of fused-ring (bicyclic) bond motifs is 2. The van der Waals surface area contributed by atoms with Gasteiger partial charge in [0.2, 0.25) is 0 Å². The van der Waals surface area contributed by atoms with Crippen molar-refractivity contribution in [2.24, 2.45) is 7.05 Å². The average molecular weight is 682 g/mol. The zero-order valence-corrected chi connectivity index (χ0v) is 27.1. The summed E-state index contributed by atoms with van der Waals surface area (Å²) in [4.78, 5) is 30.6. The second-order valence-electron chi connectivity index (χ2n) is 10.9. The van der Waals surface area contributed by atoms with Crippen LogP contribution in [0.2, 0.25) is 0 Å². The number of aromatic amines is 1. The Labute approximate surface area is 273 Å². The van der Waals surface area contributed by atoms with Crippen LogP contribution in [0.4, 0.5) is 10.5 Å². The van der Waals surface area contributed by atoms with Crippen molar-refractivity contribution in [3.8, 4) is 17.2 Å². The molecule has 9 nitrogen and oxygen atoms in total. The van der Waals surface area contributed by atoms with Gasteiger partial charge >= 0.3 is 6.03 Å². The van der Waals surface area contributed by atoms with E-state index in [1.165, 1.54) is 0 Å². The normalized spacial score (nSPS) is 11.8. The highest BCUT2D eigenvalue weighted by Crippen LogP contribution is 2.42. The fourth-order valence-electron chi connectivity index (χ4n) is 6.03. The fourth-order valence-corrected chi connectivity index (χ4v) is 6.45. The topological polar surface area (TPSA) is 118 Å². The van der Waals surface area contributed by atoms with E-state index in [9.17, 15) is 14.7 Å². The van der Waals surface area contributed by atoms with Crippen molar-refractivity contribution in [3.05, 3.63) is 128 Å². The van der Waals surface area contributed by atoms with Crippen LogP contribution in [0.25, 0.3) is 21.8 Å². The average Bonchev–Trinajstić information content (AvgIpc) is 3.42. The number of aryl methyl sites for hydroxylation is 1. The van der Waals surface area contributed by atoms with E-state index < -0.39 is 5.92 Å². The van der Waals surface area contributed by atoms with Gasteiger partial charge < -0.3 is 34.8 Å². The number of pyridine rings is 1. The first-order valence-electron chi connectivity index (χ1n) is 14.7. The lowest BCUT2D eigenvalue weighted by atomic mass is 9.85. The number of rotatable bonds is 9. The molecular formula is C36H33BrN4O5. The molecule has 0 radical (unpaired) electrons. The van der Waals surface area contributed by atoms with Crippen molar-refractivity contribution in [2.45, 2.75) is 12.3 Å². The van der Waals surface area contributed by atoms with E-state index in [1.807, 2.05) is 78.9 Å². The highest BCUT2D eigenvalue weighted by Gasteiger charge is 2.30. The maximum absolute atomic E-state index is 14.1. The molecule has 1 atom stereocenters. The van der Waals surface area contributed by atoms with Crippen molar-refractivity contribution in [1.29, 1.82) is 0 Å². The zero-order valence-electron chi connectivity index (χ0n) is 25.6. The second-order valence-corrected chi connectivity index (χ2v) is 11.8. The van der Waals surface area contributed by atoms with Crippen LogP contribution < -0.4 is 25.7 Å². The summed E-state index contributed by atoms with van der Waals surface area (Å²) in [6.45, 7) is 0.283. The van der Waals surface area contributed by atoms with Crippen LogP contribution in [0, 0.1) is 0 Å². The molecule has 0 bridgehead atoms. The molecule has 4 aromatic carbocycles. The number of urea groups is 1. The molecule has 4 N–H and O–H groups in total. The molecule has 2 amide bonds. The Morgan fingerprint density at radius 3 is 2.52 bits per heavy atom. The minimum Gasteiger partial charge on any atom is -0.507 e. The number of amides is 2. The van der Waals surface area contributed by atoms with Crippen molar-refractivity contribution in [1.82, 2.24) is 14.9 Å². The SMILES string of the molecule is COc1ccc2[nH]c(C(c3cccc(Br)c3)c3c(O)c4ccccc4n(C)c3=O)c(CCNC(=O)Nc3ccccc3OC)c2c1. The van der Waals surface area contributed by atoms with Crippen LogP contribution in [-0.4, -0.2) is 41.5 Å². The third-order valence-electron chi connectivity index (χ3n) is 8.23. The number of anilines is 1. The molecule has 0 aliphatic rings. The number of aromatic nitrogens is 2. The number of halogens is 1. The summed E-state index contributed by atoms with van der Waals surface area (Å²) in [5, 5.41) is 19.0. The number of nitrogens with zero attached hydrogens (tertiary/aromatic N) is 1. The van der Waals surface area contributed by atoms with Gasteiger partial charge in [-0.2, -0.15) is 0 Å². The third kappa shape index (κ3) is 5.79. The van der Waals surface area contributed by atoms with E-state index in [-0.39, 0.29) is 29.4 Å². The van der Waals surface area contributed by atoms with Gasteiger partial charge in [-0.25, -0.2) is 4.79 Å². The number of ether oxygens (including phenoxy) is 2. The Kier molecular flexibility index (Phi) is 8.72. The minimum atomic E-state index is -0.670. The zero-order chi connectivity index (χ0) is 32.4. The third-order valence-corrected chi connectivity index (χ3v) is 8.73. The number of methoxy groups -OCH3 is 2. The fraction of sp³-hybridized carbons (Fsp3) is 0.167. The van der Waals surface area contributed by atoms with Crippen molar-refractivity contribution in [2.75, 3.05) is 26.1 Å². The van der Waals surface area contributed by atoms with Gasteiger partial charge in [0, 0.05) is 40.0 Å². The predicted molar refractivity (Wildman–Crippen MR) is 185 cm³/mol. The Morgan fingerprint density at radius 1 is 0.957 bits per heavy atom. The van der Waals surface area contributed by atoms with Gasteiger partial charge in [0.05, 0.1) is 36.9 Å². The van der Waals surface area contributed by atoms with Gasteiger partial charge in [-0.15, -0.1) is 0 Å². The first kappa shape index (κ1) is 30.8. The summed E-state index contributed by atoms with van der Waals surface area (Å²) >= 11 is 3.60. The molecule has 0 fully saturated rings. The van der Waals surface area contributed by atoms with Crippen LogP contribution in [-0.2, 0) is 13.5 Å². The molecule has 6 rings (SSSR count). The summed E-state index contributed by atoms with van der Waals surface area (Å²) in [7, 11) is 4.87. The predicted octanol–water partition coefficient (Wildman–Crippen LogP) is 7.05. The smallest absolute Gasteiger partial charge is 0.319 e. The molecule has 0 aliphatic heterocycles. The summed E-state index contributed by atoms with van der Waals surface area (Å²) in [5.41, 5.74) is 4.38. The highest BCUT2D eigenvalue weighted by molar-refractivity contribution is 9.10. The standard InChI is InChI=1S/C36H33BrN4O5/c1-41-29-13-6-4-11-25(29)34(42)32(35(41)43)31(21-9-8-10-22(37)19-21)33-24(26-20-23(45-2)15-16-27(26)39-33)17-18-38-36(44)40-28-12-5-7-14-30(28)46-3/h4-16,19-20,31,39,42H,17-18H2,1-3H3,(H2,38,40,44). The molecule has 6 aromatic rings. The lowest BCUT2D eigenvalue weighted by Crippen LogP contribution is -2.31. The van der Waals surface area contributed by atoms with Crippen LogP contribution in [0.15, 0.2) is 100 Å². The molecule has 0 saturated heterocycles. The van der Waals surface area contributed by atoms with Crippen LogP contribution in [0.3, 0.4) is 0 Å². The van der Waals surface area contributed by atoms with E-state index in [2.05, 4.69) is 31.5 Å². The molecule has 2 heterocycles. The molecule has 10 heteroatoms. The largest absolute Gasteiger partial charge is 0.507 e. The molecule has 234 valence electrons. The lowest BCUT2D eigenvalue weighted by Gasteiger charge is -2.22. The number of carbonyl (C=O) groups is 1. The number of aromatic hydroxyl groups is 1. The highest BCUT2D eigenvalue weighted by atomic mass is 79.9. The van der Waals surface area contributed by atoms with Crippen molar-refractivity contribution in [3.63, 3.8) is 0 Å². The molecular weight excluding hydrogens is 648 g/mol. The number of hydrogen-bond donors (Lipinski definition) is 4.